The van der Waals surface area contributed by atoms with Gasteiger partial charge in [0.25, 0.3) is 0 Å². The Balaban J connectivity index is 2.44. The van der Waals surface area contributed by atoms with Crippen LogP contribution in [0.25, 0.3) is 0 Å². The lowest BCUT2D eigenvalue weighted by Crippen LogP contribution is -2.30. The van der Waals surface area contributed by atoms with Crippen LogP contribution in [0.5, 0.6) is 5.75 Å². The molecule has 2 N–H and O–H groups in total. The summed E-state index contributed by atoms with van der Waals surface area (Å²) in [6.07, 6.45) is 0.201. The van der Waals surface area contributed by atoms with Crippen molar-refractivity contribution < 1.29 is 4.74 Å². The van der Waals surface area contributed by atoms with E-state index in [2.05, 4.69) is 26.0 Å². The summed E-state index contributed by atoms with van der Waals surface area (Å²) in [5, 5.41) is 0. The van der Waals surface area contributed by atoms with Gasteiger partial charge in [0.05, 0.1) is 0 Å². The molecule has 0 fully saturated rings. The van der Waals surface area contributed by atoms with E-state index < -0.39 is 0 Å². The van der Waals surface area contributed by atoms with Crippen LogP contribution in [0, 0.1) is 6.92 Å². The minimum atomic E-state index is 0.146. The standard InChI is InChI=1S/C12H17NO/c1-7-4-5-11-10(6-7)12(8(2)13)9(3)14-11/h4-6,8-9,12H,13H2,1-3H3. The molecule has 0 amide bonds. The second-order valence-corrected chi connectivity index (χ2v) is 4.25. The van der Waals surface area contributed by atoms with Crippen LogP contribution >= 0.6 is 0 Å². The summed E-state index contributed by atoms with van der Waals surface area (Å²) in [5.41, 5.74) is 8.51. The topological polar surface area (TPSA) is 35.2 Å². The molecular formula is C12H17NO. The van der Waals surface area contributed by atoms with Crippen molar-refractivity contribution in [1.29, 1.82) is 0 Å². The zero-order valence-corrected chi connectivity index (χ0v) is 8.95. The van der Waals surface area contributed by atoms with E-state index in [9.17, 15) is 0 Å². The smallest absolute Gasteiger partial charge is 0.123 e. The van der Waals surface area contributed by atoms with Crippen molar-refractivity contribution in [3.8, 4) is 5.75 Å². The van der Waals surface area contributed by atoms with Gasteiger partial charge in [-0.05, 0) is 26.8 Å². The SMILES string of the molecule is Cc1ccc2c(c1)C(C(C)N)C(C)O2. The molecule has 0 saturated heterocycles. The molecule has 1 aliphatic heterocycles. The zero-order valence-electron chi connectivity index (χ0n) is 8.95. The predicted molar refractivity (Wildman–Crippen MR) is 57.7 cm³/mol. The summed E-state index contributed by atoms with van der Waals surface area (Å²) in [4.78, 5) is 0. The Kier molecular flexibility index (Phi) is 2.23. The molecule has 0 aromatic heterocycles. The van der Waals surface area contributed by atoms with Crippen LogP contribution in [0.4, 0.5) is 0 Å². The van der Waals surface area contributed by atoms with Gasteiger partial charge >= 0.3 is 0 Å². The van der Waals surface area contributed by atoms with Gasteiger partial charge in [0.1, 0.15) is 11.9 Å². The first-order chi connectivity index (χ1) is 6.59. The van der Waals surface area contributed by atoms with Gasteiger partial charge in [-0.1, -0.05) is 17.7 Å². The Morgan fingerprint density at radius 1 is 1.43 bits per heavy atom. The van der Waals surface area contributed by atoms with Gasteiger partial charge in [0.2, 0.25) is 0 Å². The highest BCUT2D eigenvalue weighted by atomic mass is 16.5. The van der Waals surface area contributed by atoms with Crippen molar-refractivity contribution in [2.45, 2.75) is 38.8 Å². The molecule has 0 aliphatic carbocycles. The highest BCUT2D eigenvalue weighted by Crippen LogP contribution is 2.39. The summed E-state index contributed by atoms with van der Waals surface area (Å²) < 4.78 is 5.76. The van der Waals surface area contributed by atoms with E-state index >= 15 is 0 Å². The second-order valence-electron chi connectivity index (χ2n) is 4.25. The highest BCUT2D eigenvalue weighted by molar-refractivity contribution is 5.44. The van der Waals surface area contributed by atoms with Gasteiger partial charge in [0.15, 0.2) is 0 Å². The minimum Gasteiger partial charge on any atom is -0.490 e. The van der Waals surface area contributed by atoms with Crippen molar-refractivity contribution in [3.63, 3.8) is 0 Å². The maximum Gasteiger partial charge on any atom is 0.123 e. The molecule has 0 radical (unpaired) electrons. The molecule has 1 aromatic carbocycles. The molecule has 0 spiro atoms. The van der Waals surface area contributed by atoms with Crippen LogP contribution in [0.3, 0.4) is 0 Å². The fraction of sp³-hybridized carbons (Fsp3) is 0.500. The molecule has 0 bridgehead atoms. The minimum absolute atomic E-state index is 0.146. The molecule has 14 heavy (non-hydrogen) atoms. The van der Waals surface area contributed by atoms with E-state index in [4.69, 9.17) is 10.5 Å². The van der Waals surface area contributed by atoms with E-state index in [1.54, 1.807) is 0 Å². The summed E-state index contributed by atoms with van der Waals surface area (Å²) >= 11 is 0. The molecule has 2 rings (SSSR count). The quantitative estimate of drug-likeness (QED) is 0.738. The first-order valence-corrected chi connectivity index (χ1v) is 5.12. The number of ether oxygens (including phenoxy) is 1. The number of aryl methyl sites for hydroxylation is 1. The van der Waals surface area contributed by atoms with Gasteiger partial charge in [-0.25, -0.2) is 0 Å². The van der Waals surface area contributed by atoms with Crippen LogP contribution in [-0.4, -0.2) is 12.1 Å². The van der Waals surface area contributed by atoms with Crippen LogP contribution in [0.15, 0.2) is 18.2 Å². The van der Waals surface area contributed by atoms with E-state index in [1.807, 2.05) is 13.0 Å². The van der Waals surface area contributed by atoms with Crippen molar-refractivity contribution in [2.24, 2.45) is 5.73 Å². The Hall–Kier alpha value is -1.02. The van der Waals surface area contributed by atoms with E-state index in [-0.39, 0.29) is 12.1 Å². The Bertz CT molecular complexity index is 346. The predicted octanol–water partition coefficient (Wildman–Crippen LogP) is 2.21. The number of benzene rings is 1. The zero-order chi connectivity index (χ0) is 10.3. The molecule has 76 valence electrons. The third kappa shape index (κ3) is 1.40. The monoisotopic (exact) mass is 191 g/mol. The van der Waals surface area contributed by atoms with Crippen molar-refractivity contribution in [1.82, 2.24) is 0 Å². The van der Waals surface area contributed by atoms with Crippen LogP contribution in [0.2, 0.25) is 0 Å². The van der Waals surface area contributed by atoms with Crippen molar-refractivity contribution in [2.75, 3.05) is 0 Å². The Morgan fingerprint density at radius 3 is 2.79 bits per heavy atom. The van der Waals surface area contributed by atoms with Crippen LogP contribution in [0.1, 0.15) is 30.9 Å². The summed E-state index contributed by atoms with van der Waals surface area (Å²) in [7, 11) is 0. The van der Waals surface area contributed by atoms with Gasteiger partial charge in [0, 0.05) is 17.5 Å². The molecule has 2 heteroatoms. The first-order valence-electron chi connectivity index (χ1n) is 5.12. The summed E-state index contributed by atoms with van der Waals surface area (Å²) in [6.45, 7) is 6.23. The lowest BCUT2D eigenvalue weighted by atomic mass is 9.89. The summed E-state index contributed by atoms with van der Waals surface area (Å²) in [5.74, 6) is 1.34. The first kappa shape index (κ1) is 9.53. The number of nitrogens with two attached hydrogens (primary N) is 1. The normalized spacial score (nSPS) is 26.9. The van der Waals surface area contributed by atoms with Gasteiger partial charge in [-0.3, -0.25) is 0 Å². The summed E-state index contributed by atoms with van der Waals surface area (Å²) in [6, 6.07) is 6.46. The van der Waals surface area contributed by atoms with E-state index in [0.717, 1.165) is 5.75 Å². The fourth-order valence-electron chi connectivity index (χ4n) is 2.27. The molecule has 1 heterocycles. The van der Waals surface area contributed by atoms with Crippen molar-refractivity contribution >= 4 is 0 Å². The average Bonchev–Trinajstić information content (AvgIpc) is 2.40. The van der Waals surface area contributed by atoms with Gasteiger partial charge in [-0.15, -0.1) is 0 Å². The van der Waals surface area contributed by atoms with Gasteiger partial charge < -0.3 is 10.5 Å². The number of rotatable bonds is 1. The number of fused-ring (bicyclic) bond motifs is 1. The van der Waals surface area contributed by atoms with Crippen molar-refractivity contribution in [3.05, 3.63) is 29.3 Å². The fourth-order valence-corrected chi connectivity index (χ4v) is 2.27. The molecule has 0 saturated carbocycles. The number of hydrogen-bond donors (Lipinski definition) is 1. The Labute approximate surface area is 85.1 Å². The van der Waals surface area contributed by atoms with E-state index in [1.165, 1.54) is 11.1 Å². The number of hydrogen-bond acceptors (Lipinski definition) is 2. The molecule has 1 aromatic rings. The van der Waals surface area contributed by atoms with E-state index in [0.29, 0.717) is 5.92 Å². The van der Waals surface area contributed by atoms with Crippen LogP contribution in [-0.2, 0) is 0 Å². The third-order valence-electron chi connectivity index (χ3n) is 2.91. The lowest BCUT2D eigenvalue weighted by Gasteiger charge is -2.18. The largest absolute Gasteiger partial charge is 0.490 e. The lowest BCUT2D eigenvalue weighted by molar-refractivity contribution is 0.215. The molecule has 3 unspecified atom stereocenters. The highest BCUT2D eigenvalue weighted by Gasteiger charge is 2.33. The van der Waals surface area contributed by atoms with Crippen LogP contribution < -0.4 is 10.5 Å². The maximum atomic E-state index is 5.97. The van der Waals surface area contributed by atoms with Gasteiger partial charge in [-0.2, -0.15) is 0 Å². The molecule has 2 nitrogen and oxygen atoms in total. The second kappa shape index (κ2) is 3.28. The molecular weight excluding hydrogens is 174 g/mol. The average molecular weight is 191 g/mol. The molecule has 3 atom stereocenters. The molecule has 1 aliphatic rings. The maximum absolute atomic E-state index is 5.97. The Morgan fingerprint density at radius 2 is 2.14 bits per heavy atom. The third-order valence-corrected chi connectivity index (χ3v) is 2.91.